The second-order valence-electron chi connectivity index (χ2n) is 6.11. The third-order valence-electron chi connectivity index (χ3n) is 4.34. The summed E-state index contributed by atoms with van der Waals surface area (Å²) < 4.78 is 14.0. The van der Waals surface area contributed by atoms with Crippen molar-refractivity contribution in [2.75, 3.05) is 29.0 Å². The first-order valence-electron chi connectivity index (χ1n) is 8.36. The lowest BCUT2D eigenvalue weighted by Crippen LogP contribution is -2.28. The van der Waals surface area contributed by atoms with E-state index in [0.29, 0.717) is 12.5 Å². The lowest BCUT2D eigenvalue weighted by molar-refractivity contribution is 0.618. The van der Waals surface area contributed by atoms with Gasteiger partial charge in [0.15, 0.2) is 11.6 Å². The quantitative estimate of drug-likeness (QED) is 0.745. The van der Waals surface area contributed by atoms with Crippen molar-refractivity contribution < 1.29 is 4.39 Å². The van der Waals surface area contributed by atoms with E-state index >= 15 is 0 Å². The Morgan fingerprint density at radius 3 is 2.81 bits per heavy atom. The number of aromatic nitrogens is 4. The summed E-state index contributed by atoms with van der Waals surface area (Å²) in [6.45, 7) is 1.43. The maximum absolute atomic E-state index is 14.0. The molecule has 1 unspecified atom stereocenters. The highest BCUT2D eigenvalue weighted by Gasteiger charge is 2.26. The van der Waals surface area contributed by atoms with E-state index in [1.54, 1.807) is 6.20 Å². The molecule has 3 heterocycles. The average Bonchev–Trinajstić information content (AvgIpc) is 3.15. The van der Waals surface area contributed by atoms with Gasteiger partial charge in [0.2, 0.25) is 11.8 Å². The molecule has 26 heavy (non-hydrogen) atoms. The molecule has 7 nitrogen and oxygen atoms in total. The Kier molecular flexibility index (Phi) is 4.30. The minimum Gasteiger partial charge on any atom is -0.381 e. The second kappa shape index (κ2) is 6.91. The SMILES string of the molecule is Nc1ncnc(NC2CCN(c3nccc(-c4ccccc4)n3)C2)c1F. The Morgan fingerprint density at radius 2 is 1.96 bits per heavy atom. The molecule has 8 heteroatoms. The predicted octanol–water partition coefficient (Wildman–Crippen LogP) is 2.35. The third kappa shape index (κ3) is 3.26. The number of nitrogen functional groups attached to an aromatic ring is 1. The molecule has 3 aromatic rings. The van der Waals surface area contributed by atoms with Gasteiger partial charge in [-0.2, -0.15) is 4.39 Å². The van der Waals surface area contributed by atoms with Crippen LogP contribution in [0.4, 0.5) is 22.0 Å². The Morgan fingerprint density at radius 1 is 1.12 bits per heavy atom. The number of rotatable bonds is 4. The highest BCUT2D eigenvalue weighted by atomic mass is 19.1. The monoisotopic (exact) mass is 351 g/mol. The van der Waals surface area contributed by atoms with E-state index in [-0.39, 0.29) is 17.7 Å². The van der Waals surface area contributed by atoms with Gasteiger partial charge in [-0.05, 0) is 12.5 Å². The summed E-state index contributed by atoms with van der Waals surface area (Å²) in [5.74, 6) is 0.0196. The van der Waals surface area contributed by atoms with Gasteiger partial charge >= 0.3 is 0 Å². The molecular weight excluding hydrogens is 333 g/mol. The van der Waals surface area contributed by atoms with Gasteiger partial charge in [-0.25, -0.2) is 19.9 Å². The van der Waals surface area contributed by atoms with Crippen LogP contribution in [0.15, 0.2) is 48.9 Å². The van der Waals surface area contributed by atoms with Crippen LogP contribution >= 0.6 is 0 Å². The van der Waals surface area contributed by atoms with Crippen molar-refractivity contribution >= 4 is 17.6 Å². The number of benzene rings is 1. The van der Waals surface area contributed by atoms with Crippen LogP contribution in [0.25, 0.3) is 11.3 Å². The van der Waals surface area contributed by atoms with Gasteiger partial charge in [0.1, 0.15) is 6.33 Å². The summed E-state index contributed by atoms with van der Waals surface area (Å²) in [5, 5.41) is 3.09. The minimum atomic E-state index is -0.617. The molecule has 1 fully saturated rings. The van der Waals surface area contributed by atoms with E-state index in [2.05, 4.69) is 30.2 Å². The van der Waals surface area contributed by atoms with Gasteiger partial charge in [-0.3, -0.25) is 0 Å². The third-order valence-corrected chi connectivity index (χ3v) is 4.34. The van der Waals surface area contributed by atoms with Crippen molar-refractivity contribution in [3.63, 3.8) is 0 Å². The Bertz CT molecular complexity index is 903. The van der Waals surface area contributed by atoms with E-state index in [9.17, 15) is 4.39 Å². The largest absolute Gasteiger partial charge is 0.381 e. The van der Waals surface area contributed by atoms with E-state index in [1.165, 1.54) is 6.33 Å². The first-order valence-corrected chi connectivity index (χ1v) is 8.36. The van der Waals surface area contributed by atoms with Gasteiger partial charge < -0.3 is 16.0 Å². The lowest BCUT2D eigenvalue weighted by atomic mass is 10.1. The molecule has 132 valence electrons. The fourth-order valence-corrected chi connectivity index (χ4v) is 3.01. The van der Waals surface area contributed by atoms with Gasteiger partial charge in [-0.15, -0.1) is 0 Å². The molecule has 1 aliphatic heterocycles. The Labute approximate surface area is 150 Å². The van der Waals surface area contributed by atoms with Crippen LogP contribution in [-0.2, 0) is 0 Å². The maximum Gasteiger partial charge on any atom is 0.225 e. The number of hydrogen-bond donors (Lipinski definition) is 2. The highest BCUT2D eigenvalue weighted by Crippen LogP contribution is 2.23. The normalized spacial score (nSPS) is 16.7. The summed E-state index contributed by atoms with van der Waals surface area (Å²) in [6.07, 6.45) is 3.83. The Hall–Kier alpha value is -3.29. The number of hydrogen-bond acceptors (Lipinski definition) is 7. The van der Waals surface area contributed by atoms with Gasteiger partial charge in [0.05, 0.1) is 5.69 Å². The molecule has 2 aromatic heterocycles. The van der Waals surface area contributed by atoms with Crippen LogP contribution in [0.5, 0.6) is 0 Å². The summed E-state index contributed by atoms with van der Waals surface area (Å²) in [4.78, 5) is 18.7. The maximum atomic E-state index is 14.0. The molecule has 0 amide bonds. The number of nitrogens with one attached hydrogen (secondary N) is 1. The van der Waals surface area contributed by atoms with Crippen molar-refractivity contribution in [3.05, 3.63) is 54.7 Å². The first-order chi connectivity index (χ1) is 12.7. The number of nitrogens with two attached hydrogens (primary N) is 1. The van der Waals surface area contributed by atoms with Crippen LogP contribution in [-0.4, -0.2) is 39.1 Å². The Balaban J connectivity index is 1.48. The van der Waals surface area contributed by atoms with Gasteiger partial charge in [0.25, 0.3) is 0 Å². The van der Waals surface area contributed by atoms with Crippen LogP contribution < -0.4 is 16.0 Å². The fraction of sp³-hybridized carbons (Fsp3) is 0.222. The second-order valence-corrected chi connectivity index (χ2v) is 6.11. The van der Waals surface area contributed by atoms with E-state index in [1.807, 2.05) is 36.4 Å². The standard InChI is InChI=1S/C18H18FN7/c19-15-16(20)22-11-23-17(15)24-13-7-9-26(10-13)18-21-8-6-14(25-18)12-4-2-1-3-5-12/h1-6,8,11,13H,7,9-10H2,(H3,20,22,23,24). The summed E-state index contributed by atoms with van der Waals surface area (Å²) in [5.41, 5.74) is 7.41. The molecule has 1 atom stereocenters. The molecule has 1 saturated heterocycles. The van der Waals surface area contributed by atoms with Gasteiger partial charge in [0, 0.05) is 30.9 Å². The van der Waals surface area contributed by atoms with Crippen LogP contribution in [0, 0.1) is 5.82 Å². The topological polar surface area (TPSA) is 92.8 Å². The van der Waals surface area contributed by atoms with Crippen molar-refractivity contribution in [1.82, 2.24) is 19.9 Å². The van der Waals surface area contributed by atoms with Crippen LogP contribution in [0.3, 0.4) is 0 Å². The molecule has 0 spiro atoms. The number of anilines is 3. The summed E-state index contributed by atoms with van der Waals surface area (Å²) in [6, 6.07) is 11.9. The van der Waals surface area contributed by atoms with Crippen molar-refractivity contribution in [2.45, 2.75) is 12.5 Å². The summed E-state index contributed by atoms with van der Waals surface area (Å²) in [7, 11) is 0. The van der Waals surface area contributed by atoms with Crippen molar-refractivity contribution in [3.8, 4) is 11.3 Å². The zero-order valence-corrected chi connectivity index (χ0v) is 14.0. The van der Waals surface area contributed by atoms with E-state index in [0.717, 1.165) is 24.2 Å². The smallest absolute Gasteiger partial charge is 0.225 e. The highest BCUT2D eigenvalue weighted by molar-refractivity contribution is 5.60. The van der Waals surface area contributed by atoms with Crippen LogP contribution in [0.2, 0.25) is 0 Å². The first kappa shape index (κ1) is 16.2. The lowest BCUT2D eigenvalue weighted by Gasteiger charge is -2.18. The fourth-order valence-electron chi connectivity index (χ4n) is 3.01. The minimum absolute atomic E-state index is 0.0304. The van der Waals surface area contributed by atoms with Crippen molar-refractivity contribution in [2.24, 2.45) is 0 Å². The zero-order chi connectivity index (χ0) is 17.9. The van der Waals surface area contributed by atoms with Crippen LogP contribution in [0.1, 0.15) is 6.42 Å². The number of nitrogens with zero attached hydrogens (tertiary/aromatic N) is 5. The average molecular weight is 351 g/mol. The molecule has 0 radical (unpaired) electrons. The molecule has 0 aliphatic carbocycles. The molecule has 1 aliphatic rings. The number of halogens is 1. The van der Waals surface area contributed by atoms with Crippen molar-refractivity contribution in [1.29, 1.82) is 0 Å². The van der Waals surface area contributed by atoms with Gasteiger partial charge in [-0.1, -0.05) is 30.3 Å². The molecular formula is C18H18FN7. The van der Waals surface area contributed by atoms with E-state index in [4.69, 9.17) is 5.73 Å². The molecule has 3 N–H and O–H groups in total. The molecule has 0 bridgehead atoms. The predicted molar refractivity (Wildman–Crippen MR) is 98.1 cm³/mol. The zero-order valence-electron chi connectivity index (χ0n) is 14.0. The summed E-state index contributed by atoms with van der Waals surface area (Å²) >= 11 is 0. The van der Waals surface area contributed by atoms with E-state index < -0.39 is 5.82 Å². The molecule has 0 saturated carbocycles. The molecule has 4 rings (SSSR count). The molecule has 1 aromatic carbocycles.